The lowest BCUT2D eigenvalue weighted by atomic mass is 10.0. The van der Waals surface area contributed by atoms with Crippen molar-refractivity contribution in [2.75, 3.05) is 19.1 Å². The van der Waals surface area contributed by atoms with Crippen molar-refractivity contribution in [1.29, 1.82) is 0 Å². The molecule has 116 valence electrons. The third-order valence-electron chi connectivity index (χ3n) is 3.66. The average Bonchev–Trinajstić information content (AvgIpc) is 2.80. The Bertz CT molecular complexity index is 597. The molecule has 0 spiro atoms. The molecule has 1 heterocycles. The van der Waals surface area contributed by atoms with Crippen molar-refractivity contribution in [3.63, 3.8) is 0 Å². The second kappa shape index (κ2) is 7.23. The normalized spacial score (nSPS) is 13.2. The Hall–Kier alpha value is -1.13. The van der Waals surface area contributed by atoms with E-state index in [0.29, 0.717) is 36.9 Å². The minimum absolute atomic E-state index is 0.120. The minimum Gasteiger partial charge on any atom is -0.380 e. The number of para-hydroxylation sites is 1. The zero-order valence-corrected chi connectivity index (χ0v) is 13.5. The van der Waals surface area contributed by atoms with Crippen molar-refractivity contribution >= 4 is 22.6 Å². The highest BCUT2D eigenvalue weighted by atomic mass is 35.5. The van der Waals surface area contributed by atoms with Gasteiger partial charge in [0, 0.05) is 18.9 Å². The molecule has 0 bridgehead atoms. The maximum Gasteiger partial charge on any atom is 0.151 e. The van der Waals surface area contributed by atoms with E-state index in [1.807, 2.05) is 13.0 Å². The molecule has 0 saturated carbocycles. The molecule has 3 nitrogen and oxygen atoms in total. The molecular formula is C16H22ClFN2O. The van der Waals surface area contributed by atoms with Crippen molar-refractivity contribution < 1.29 is 9.13 Å². The summed E-state index contributed by atoms with van der Waals surface area (Å²) >= 11 is 5.89. The first-order chi connectivity index (χ1) is 10.1. The number of ether oxygens (including phenoxy) is 1. The Morgan fingerprint density at radius 1 is 1.38 bits per heavy atom. The molecule has 2 rings (SSSR count). The third kappa shape index (κ3) is 3.38. The Morgan fingerprint density at radius 3 is 2.76 bits per heavy atom. The first-order valence-electron chi connectivity index (χ1n) is 7.39. The van der Waals surface area contributed by atoms with Crippen LogP contribution in [0.3, 0.4) is 0 Å². The lowest BCUT2D eigenvalue weighted by molar-refractivity contribution is 0.0969. The summed E-state index contributed by atoms with van der Waals surface area (Å²) < 4.78 is 21.7. The van der Waals surface area contributed by atoms with E-state index in [0.717, 1.165) is 11.3 Å². The van der Waals surface area contributed by atoms with E-state index >= 15 is 0 Å². The quantitative estimate of drug-likeness (QED) is 0.717. The van der Waals surface area contributed by atoms with Crippen LogP contribution in [0.4, 0.5) is 4.39 Å². The first kappa shape index (κ1) is 16.2. The molecule has 0 aliphatic carbocycles. The van der Waals surface area contributed by atoms with Crippen LogP contribution in [0.15, 0.2) is 18.2 Å². The molecule has 21 heavy (non-hydrogen) atoms. The number of alkyl halides is 1. The first-order valence-corrected chi connectivity index (χ1v) is 7.92. The van der Waals surface area contributed by atoms with E-state index in [1.165, 1.54) is 6.07 Å². The van der Waals surface area contributed by atoms with Gasteiger partial charge in [0.2, 0.25) is 0 Å². The van der Waals surface area contributed by atoms with Crippen LogP contribution in [-0.2, 0) is 11.2 Å². The van der Waals surface area contributed by atoms with Gasteiger partial charge in [-0.3, -0.25) is 0 Å². The standard InChI is InChI=1S/C16H22ClFN2O/c1-4-21-10-14(11(2)3)20-13-7-5-6-12(18)16(13)19-15(20)8-9-17/h5-7,11,14H,4,8-10H2,1-3H3. The van der Waals surface area contributed by atoms with Gasteiger partial charge in [0.05, 0.1) is 18.2 Å². The fraction of sp³-hybridized carbons (Fsp3) is 0.562. The largest absolute Gasteiger partial charge is 0.380 e. The van der Waals surface area contributed by atoms with E-state index in [4.69, 9.17) is 16.3 Å². The molecule has 5 heteroatoms. The smallest absolute Gasteiger partial charge is 0.151 e. The van der Waals surface area contributed by atoms with Crippen LogP contribution in [0.25, 0.3) is 11.0 Å². The van der Waals surface area contributed by atoms with Crippen molar-refractivity contribution in [1.82, 2.24) is 9.55 Å². The Kier molecular flexibility index (Phi) is 5.59. The summed E-state index contributed by atoms with van der Waals surface area (Å²) in [5.41, 5.74) is 1.23. The van der Waals surface area contributed by atoms with Gasteiger partial charge < -0.3 is 9.30 Å². The van der Waals surface area contributed by atoms with Crippen LogP contribution >= 0.6 is 11.6 Å². The Balaban J connectivity index is 2.57. The zero-order chi connectivity index (χ0) is 15.4. The van der Waals surface area contributed by atoms with Gasteiger partial charge in [-0.1, -0.05) is 19.9 Å². The van der Waals surface area contributed by atoms with E-state index in [-0.39, 0.29) is 11.9 Å². The number of imidazole rings is 1. The van der Waals surface area contributed by atoms with Crippen molar-refractivity contribution in [3.8, 4) is 0 Å². The number of fused-ring (bicyclic) bond motifs is 1. The van der Waals surface area contributed by atoms with Gasteiger partial charge >= 0.3 is 0 Å². The van der Waals surface area contributed by atoms with Crippen LogP contribution in [-0.4, -0.2) is 28.6 Å². The molecule has 0 saturated heterocycles. The fourth-order valence-electron chi connectivity index (χ4n) is 2.57. The maximum absolute atomic E-state index is 14.0. The van der Waals surface area contributed by atoms with Gasteiger partial charge in [-0.25, -0.2) is 9.37 Å². The summed E-state index contributed by atoms with van der Waals surface area (Å²) in [6, 6.07) is 5.19. The number of benzene rings is 1. The molecule has 2 aromatic rings. The van der Waals surface area contributed by atoms with Gasteiger partial charge in [0.1, 0.15) is 11.3 Å². The van der Waals surface area contributed by atoms with Gasteiger partial charge in [0.15, 0.2) is 5.82 Å². The van der Waals surface area contributed by atoms with Gasteiger partial charge in [-0.2, -0.15) is 0 Å². The van der Waals surface area contributed by atoms with Crippen LogP contribution in [0.1, 0.15) is 32.6 Å². The van der Waals surface area contributed by atoms with E-state index in [2.05, 4.69) is 23.4 Å². The van der Waals surface area contributed by atoms with Crippen LogP contribution in [0, 0.1) is 11.7 Å². The van der Waals surface area contributed by atoms with Crippen molar-refractivity contribution in [3.05, 3.63) is 29.8 Å². The molecule has 0 fully saturated rings. The second-order valence-corrected chi connectivity index (χ2v) is 5.79. The molecule has 0 aliphatic heterocycles. The van der Waals surface area contributed by atoms with Crippen molar-refractivity contribution in [2.24, 2.45) is 5.92 Å². The molecule has 1 atom stereocenters. The van der Waals surface area contributed by atoms with E-state index < -0.39 is 0 Å². The van der Waals surface area contributed by atoms with Crippen LogP contribution < -0.4 is 0 Å². The Labute approximate surface area is 130 Å². The summed E-state index contributed by atoms with van der Waals surface area (Å²) in [4.78, 5) is 4.46. The summed E-state index contributed by atoms with van der Waals surface area (Å²) in [5.74, 6) is 1.35. The molecule has 1 unspecified atom stereocenters. The number of rotatable bonds is 7. The number of hydrogen-bond acceptors (Lipinski definition) is 2. The second-order valence-electron chi connectivity index (χ2n) is 5.42. The molecule has 0 radical (unpaired) electrons. The minimum atomic E-state index is -0.291. The van der Waals surface area contributed by atoms with Crippen molar-refractivity contribution in [2.45, 2.75) is 33.2 Å². The summed E-state index contributed by atoms with van der Waals surface area (Å²) in [7, 11) is 0. The highest BCUT2D eigenvalue weighted by Gasteiger charge is 2.23. The molecule has 0 amide bonds. The van der Waals surface area contributed by atoms with Gasteiger partial charge in [-0.15, -0.1) is 11.6 Å². The summed E-state index contributed by atoms with van der Waals surface area (Å²) in [6.45, 7) is 7.50. The molecular weight excluding hydrogens is 291 g/mol. The highest BCUT2D eigenvalue weighted by molar-refractivity contribution is 6.17. The number of halogens is 2. The summed E-state index contributed by atoms with van der Waals surface area (Å²) in [6.07, 6.45) is 0.616. The predicted molar refractivity (Wildman–Crippen MR) is 84.5 cm³/mol. The topological polar surface area (TPSA) is 27.1 Å². The fourth-order valence-corrected chi connectivity index (χ4v) is 2.73. The molecule has 0 N–H and O–H groups in total. The van der Waals surface area contributed by atoms with Crippen LogP contribution in [0.5, 0.6) is 0 Å². The molecule has 1 aromatic heterocycles. The third-order valence-corrected chi connectivity index (χ3v) is 3.84. The number of nitrogens with zero attached hydrogens (tertiary/aromatic N) is 2. The number of aryl methyl sites for hydroxylation is 1. The number of hydrogen-bond donors (Lipinski definition) is 0. The predicted octanol–water partition coefficient (Wildman–Crippen LogP) is 4.19. The lowest BCUT2D eigenvalue weighted by Crippen LogP contribution is -2.23. The highest BCUT2D eigenvalue weighted by Crippen LogP contribution is 2.28. The number of aromatic nitrogens is 2. The Morgan fingerprint density at radius 2 is 2.14 bits per heavy atom. The van der Waals surface area contributed by atoms with Gasteiger partial charge in [-0.05, 0) is 25.0 Å². The monoisotopic (exact) mass is 312 g/mol. The molecule has 1 aromatic carbocycles. The molecule has 0 aliphatic rings. The van der Waals surface area contributed by atoms with E-state index in [1.54, 1.807) is 6.07 Å². The lowest BCUT2D eigenvalue weighted by Gasteiger charge is -2.25. The average molecular weight is 313 g/mol. The summed E-state index contributed by atoms with van der Waals surface area (Å²) in [5, 5.41) is 0. The zero-order valence-electron chi connectivity index (χ0n) is 12.8. The SMILES string of the molecule is CCOCC(C(C)C)n1c(CCCl)nc2c(F)cccc21. The van der Waals surface area contributed by atoms with Crippen LogP contribution in [0.2, 0.25) is 0 Å². The van der Waals surface area contributed by atoms with Gasteiger partial charge in [0.25, 0.3) is 0 Å². The maximum atomic E-state index is 14.0. The van der Waals surface area contributed by atoms with E-state index in [9.17, 15) is 4.39 Å².